The number of fused-ring (bicyclic) bond motifs is 1. The monoisotopic (exact) mass is 750 g/mol. The third-order valence-electron chi connectivity index (χ3n) is 7.17. The van der Waals surface area contributed by atoms with E-state index in [1.807, 2.05) is 0 Å². The molecule has 0 aromatic heterocycles. The lowest BCUT2D eigenvalue weighted by atomic mass is 10.0. The molecule has 0 aliphatic carbocycles. The molecule has 2 aromatic carbocycles. The minimum Gasteiger partial charge on any atom is -0.422 e. The van der Waals surface area contributed by atoms with Gasteiger partial charge in [0.05, 0.1) is 17.7 Å². The van der Waals surface area contributed by atoms with Gasteiger partial charge in [0, 0.05) is 11.8 Å². The van der Waals surface area contributed by atoms with E-state index in [1.54, 1.807) is 0 Å². The summed E-state index contributed by atoms with van der Waals surface area (Å²) in [5.41, 5.74) is -0.748. The Morgan fingerprint density at radius 2 is 1.33 bits per heavy atom. The first-order valence-electron chi connectivity index (χ1n) is 14.9. The van der Waals surface area contributed by atoms with Crippen molar-refractivity contribution in [2.75, 3.05) is 6.61 Å². The van der Waals surface area contributed by atoms with Gasteiger partial charge < -0.3 is 18.8 Å². The van der Waals surface area contributed by atoms with Crippen LogP contribution in [0, 0.1) is 0 Å². The number of ether oxygens (including phenoxy) is 2. The van der Waals surface area contributed by atoms with E-state index in [2.05, 4.69) is 17.7 Å². The van der Waals surface area contributed by atoms with Crippen molar-refractivity contribution in [2.45, 2.75) is 93.9 Å². The van der Waals surface area contributed by atoms with Crippen molar-refractivity contribution in [1.29, 1.82) is 0 Å². The third-order valence-corrected chi connectivity index (χ3v) is 9.36. The lowest BCUT2D eigenvalue weighted by molar-refractivity contribution is -0.247. The predicted molar refractivity (Wildman–Crippen MR) is 163 cm³/mol. The van der Waals surface area contributed by atoms with Gasteiger partial charge >= 0.3 is 48.6 Å². The van der Waals surface area contributed by atoms with Gasteiger partial charge in [-0.3, -0.25) is 4.55 Å². The highest BCUT2D eigenvalue weighted by Crippen LogP contribution is 2.51. The van der Waals surface area contributed by atoms with Gasteiger partial charge in [0.1, 0.15) is 0 Å². The minimum absolute atomic E-state index is 0.0148. The molecule has 11 nitrogen and oxygen atoms in total. The average molecular weight is 751 g/mol. The normalized spacial score (nSPS) is 13.6. The van der Waals surface area contributed by atoms with E-state index in [0.717, 1.165) is 75.3 Å². The molecular formula is C30H36F6O11S2. The predicted octanol–water partition coefficient (Wildman–Crippen LogP) is 6.75. The van der Waals surface area contributed by atoms with Crippen LogP contribution < -0.4 is 4.18 Å². The molecule has 0 fully saturated rings. The van der Waals surface area contributed by atoms with Gasteiger partial charge in [-0.15, -0.1) is 0 Å². The van der Waals surface area contributed by atoms with Crippen LogP contribution in [0.1, 0.15) is 81.5 Å². The summed E-state index contributed by atoms with van der Waals surface area (Å²) >= 11 is 0. The Kier molecular flexibility index (Phi) is 14.5. The fourth-order valence-corrected chi connectivity index (χ4v) is 5.85. The maximum atomic E-state index is 14.4. The molecule has 2 rings (SSSR count). The maximum absolute atomic E-state index is 14.4. The molecular weight excluding hydrogens is 714 g/mol. The van der Waals surface area contributed by atoms with Crippen molar-refractivity contribution in [3.8, 4) is 5.75 Å². The number of aliphatic hydroxyl groups excluding tert-OH is 1. The number of carbonyl (C=O) groups is 2. The Balaban J connectivity index is 2.33. The van der Waals surface area contributed by atoms with Crippen LogP contribution in [-0.4, -0.2) is 67.8 Å². The van der Waals surface area contributed by atoms with Crippen molar-refractivity contribution >= 4 is 42.9 Å². The number of unbranched alkanes of at least 4 members (excludes halogenated alkanes) is 8. The summed E-state index contributed by atoms with van der Waals surface area (Å²) in [4.78, 5) is 25.5. The van der Waals surface area contributed by atoms with Crippen molar-refractivity contribution in [3.63, 3.8) is 0 Å². The zero-order chi connectivity index (χ0) is 37.3. The van der Waals surface area contributed by atoms with Crippen LogP contribution in [-0.2, 0) is 34.5 Å². The molecule has 1 atom stereocenters. The van der Waals surface area contributed by atoms with Crippen LogP contribution in [0.15, 0.2) is 48.6 Å². The van der Waals surface area contributed by atoms with E-state index >= 15 is 0 Å². The molecule has 0 aliphatic rings. The molecule has 0 heterocycles. The largest absolute Gasteiger partial charge is 0.450 e. The molecule has 0 saturated carbocycles. The van der Waals surface area contributed by atoms with Gasteiger partial charge in [-0.1, -0.05) is 89.1 Å². The minimum atomic E-state index is -7.25. The van der Waals surface area contributed by atoms with Crippen LogP contribution in [0.5, 0.6) is 5.75 Å². The van der Waals surface area contributed by atoms with Crippen LogP contribution in [0.2, 0.25) is 0 Å². The lowest BCUT2D eigenvalue weighted by Gasteiger charge is -2.29. The Morgan fingerprint density at radius 3 is 1.88 bits per heavy atom. The molecule has 0 amide bonds. The summed E-state index contributed by atoms with van der Waals surface area (Å²) < 4.78 is 153. The lowest BCUT2D eigenvalue weighted by Crippen LogP contribution is -2.61. The number of benzene rings is 2. The fourth-order valence-electron chi connectivity index (χ4n) is 4.40. The molecule has 2 N–H and O–H groups in total. The first-order valence-corrected chi connectivity index (χ1v) is 17.8. The number of rotatable bonds is 21. The van der Waals surface area contributed by atoms with Crippen molar-refractivity contribution < 1.29 is 76.1 Å². The number of aliphatic hydroxyl groups is 1. The first-order chi connectivity index (χ1) is 22.7. The van der Waals surface area contributed by atoms with Crippen LogP contribution >= 0.6 is 0 Å². The molecule has 0 aliphatic heterocycles. The second-order valence-corrected chi connectivity index (χ2v) is 13.9. The van der Waals surface area contributed by atoms with Gasteiger partial charge in [0.2, 0.25) is 6.29 Å². The summed E-state index contributed by atoms with van der Waals surface area (Å²) in [6.07, 6.45) is 6.96. The van der Waals surface area contributed by atoms with E-state index in [9.17, 15) is 57.9 Å². The number of hydrogen-bond acceptors (Lipinski definition) is 10. The first kappa shape index (κ1) is 41.7. The van der Waals surface area contributed by atoms with Crippen molar-refractivity contribution in [3.05, 3.63) is 54.1 Å². The van der Waals surface area contributed by atoms with Gasteiger partial charge in [-0.2, -0.15) is 43.2 Å². The Labute approximate surface area is 279 Å². The fraction of sp³-hybridized carbons (Fsp3) is 0.533. The molecule has 19 heteroatoms. The number of halogens is 6. The summed E-state index contributed by atoms with van der Waals surface area (Å²) in [7, 11) is -14.4. The Hall–Kier alpha value is -3.42. The Morgan fingerprint density at radius 1 is 0.796 bits per heavy atom. The number of hydrogen-bond donors (Lipinski definition) is 2. The third kappa shape index (κ3) is 9.85. The maximum Gasteiger partial charge on any atom is 0.450 e. The zero-order valence-corrected chi connectivity index (χ0v) is 27.8. The number of alkyl halides is 6. The van der Waals surface area contributed by atoms with Gasteiger partial charge in [-0.05, 0) is 23.9 Å². The molecule has 2 aromatic rings. The standard InChI is InChI=1S/C30H36F6O11S2/c1-3-4-5-6-7-8-9-10-11-18-25(45-26(38)20(2)19-37)46-27(39)23-16-12-15-22-21(23)14-13-17-24(22)47-49(43,44)30(35,36)28(31,32)29(33,34)48(40,41)42/h12-17,25,37H,2-11,18-19H2,1H3,(H,40,41,42). The molecule has 1 unspecified atom stereocenters. The highest BCUT2D eigenvalue weighted by molar-refractivity contribution is 7.88. The van der Waals surface area contributed by atoms with Crippen molar-refractivity contribution in [2.24, 2.45) is 0 Å². The second-order valence-electron chi connectivity index (χ2n) is 10.9. The molecule has 0 bridgehead atoms. The molecule has 0 saturated heterocycles. The van der Waals surface area contributed by atoms with Crippen LogP contribution in [0.4, 0.5) is 26.3 Å². The Bertz CT molecular complexity index is 1700. The van der Waals surface area contributed by atoms with Crippen molar-refractivity contribution in [1.82, 2.24) is 0 Å². The SMILES string of the molecule is C=C(CO)C(=O)OC(CCCCCCCCCCC)OC(=O)c1cccc2c(OS(=O)(=O)C(F)(F)C(F)(F)C(F)(F)S(=O)(=O)O)cccc12. The highest BCUT2D eigenvalue weighted by Gasteiger charge is 2.83. The van der Waals surface area contributed by atoms with Crippen LogP contribution in [0.3, 0.4) is 0 Å². The molecule has 49 heavy (non-hydrogen) atoms. The summed E-state index contributed by atoms with van der Waals surface area (Å²) in [5, 5.41) is -5.49. The van der Waals surface area contributed by atoms with Gasteiger partial charge in [-0.25, -0.2) is 9.59 Å². The summed E-state index contributed by atoms with van der Waals surface area (Å²) in [5.74, 6) is -10.7. The van der Waals surface area contributed by atoms with Gasteiger partial charge in [0.15, 0.2) is 5.75 Å². The topological polar surface area (TPSA) is 171 Å². The highest BCUT2D eigenvalue weighted by atomic mass is 32.2. The van der Waals surface area contributed by atoms with E-state index in [4.69, 9.17) is 14.0 Å². The number of esters is 2. The molecule has 276 valence electrons. The average Bonchev–Trinajstić information content (AvgIpc) is 3.02. The molecule has 0 spiro atoms. The van der Waals surface area contributed by atoms with Gasteiger partial charge in [0.25, 0.3) is 0 Å². The van der Waals surface area contributed by atoms with E-state index in [0.29, 0.717) is 18.9 Å². The molecule has 0 radical (unpaired) electrons. The smallest absolute Gasteiger partial charge is 0.422 e. The summed E-state index contributed by atoms with van der Waals surface area (Å²) in [6.45, 7) is 4.69. The van der Waals surface area contributed by atoms with E-state index in [1.165, 1.54) is 0 Å². The van der Waals surface area contributed by atoms with Crippen LogP contribution in [0.25, 0.3) is 10.8 Å². The second kappa shape index (κ2) is 17.0. The quantitative estimate of drug-likeness (QED) is 0.0263. The van der Waals surface area contributed by atoms with E-state index < -0.39 is 78.2 Å². The summed E-state index contributed by atoms with van der Waals surface area (Å²) in [6, 6.07) is 5.83. The van der Waals surface area contributed by atoms with E-state index in [-0.39, 0.29) is 17.4 Å². The zero-order valence-electron chi connectivity index (χ0n) is 26.2. The number of carbonyl (C=O) groups excluding carboxylic acids is 2.